The summed E-state index contributed by atoms with van der Waals surface area (Å²) in [6.07, 6.45) is 5.49. The highest BCUT2D eigenvalue weighted by molar-refractivity contribution is 7.89. The summed E-state index contributed by atoms with van der Waals surface area (Å²) >= 11 is 0. The largest absolute Gasteiger partial charge is 0.331 e. The van der Waals surface area contributed by atoms with Gasteiger partial charge in [0.25, 0.3) is 5.91 Å². The highest BCUT2D eigenvalue weighted by Gasteiger charge is 2.31. The summed E-state index contributed by atoms with van der Waals surface area (Å²) in [4.78, 5) is 14.8. The van der Waals surface area contributed by atoms with Gasteiger partial charge in [0.05, 0.1) is 17.1 Å². The molecule has 1 aliphatic rings. The Balaban J connectivity index is 1.90. The minimum Gasteiger partial charge on any atom is -0.331 e. The zero-order valence-corrected chi connectivity index (χ0v) is 14.5. The number of nitrogens with zero attached hydrogens (tertiary/aromatic N) is 3. The van der Waals surface area contributed by atoms with E-state index < -0.39 is 10.0 Å². The Kier molecular flexibility index (Phi) is 4.42. The van der Waals surface area contributed by atoms with Gasteiger partial charge in [0, 0.05) is 30.9 Å². The number of sulfonamides is 1. The monoisotopic (exact) mass is 348 g/mol. The second-order valence-electron chi connectivity index (χ2n) is 5.84. The van der Waals surface area contributed by atoms with Gasteiger partial charge in [-0.2, -0.15) is 5.10 Å². The van der Waals surface area contributed by atoms with Gasteiger partial charge in [-0.05, 0) is 38.1 Å². The summed E-state index contributed by atoms with van der Waals surface area (Å²) < 4.78 is 27.9. The van der Waals surface area contributed by atoms with Crippen LogP contribution >= 0.6 is 0 Å². The summed E-state index contributed by atoms with van der Waals surface area (Å²) in [7, 11) is -0.380. The molecule has 1 N–H and O–H groups in total. The van der Waals surface area contributed by atoms with E-state index >= 15 is 0 Å². The van der Waals surface area contributed by atoms with E-state index in [0.29, 0.717) is 12.1 Å². The Bertz CT molecular complexity index is 860. The van der Waals surface area contributed by atoms with Crippen LogP contribution in [0.5, 0.6) is 0 Å². The number of hydrogen-bond donors (Lipinski definition) is 1. The average molecular weight is 348 g/mol. The number of carbonyl (C=O) groups is 1. The van der Waals surface area contributed by atoms with E-state index in [4.69, 9.17) is 0 Å². The van der Waals surface area contributed by atoms with Crippen LogP contribution in [0.15, 0.2) is 41.6 Å². The van der Waals surface area contributed by atoms with Crippen molar-refractivity contribution >= 4 is 15.9 Å². The summed E-state index contributed by atoms with van der Waals surface area (Å²) in [6.45, 7) is 0.654. The Morgan fingerprint density at radius 3 is 2.83 bits per heavy atom. The fourth-order valence-corrected chi connectivity index (χ4v) is 3.82. The molecule has 7 nitrogen and oxygen atoms in total. The quantitative estimate of drug-likeness (QED) is 0.903. The molecule has 1 atom stereocenters. The Labute approximate surface area is 141 Å². The molecule has 1 aromatic heterocycles. The summed E-state index contributed by atoms with van der Waals surface area (Å²) in [5.74, 6) is -0.158. The van der Waals surface area contributed by atoms with E-state index in [9.17, 15) is 13.2 Å². The first kappa shape index (κ1) is 16.7. The Morgan fingerprint density at radius 1 is 1.38 bits per heavy atom. The van der Waals surface area contributed by atoms with Crippen LogP contribution in [0.2, 0.25) is 0 Å². The second kappa shape index (κ2) is 6.37. The van der Waals surface area contributed by atoms with Gasteiger partial charge in [-0.1, -0.05) is 6.07 Å². The number of aryl methyl sites for hydroxylation is 1. The van der Waals surface area contributed by atoms with Crippen molar-refractivity contribution in [1.29, 1.82) is 0 Å². The van der Waals surface area contributed by atoms with E-state index in [1.165, 1.54) is 19.2 Å². The predicted octanol–water partition coefficient (Wildman–Crippen LogP) is 1.31. The zero-order valence-electron chi connectivity index (χ0n) is 13.6. The molecule has 1 fully saturated rings. The van der Waals surface area contributed by atoms with Gasteiger partial charge < -0.3 is 4.90 Å². The van der Waals surface area contributed by atoms with E-state index in [1.54, 1.807) is 27.9 Å². The molecule has 0 radical (unpaired) electrons. The standard InChI is InChI=1S/C16H20N4O3S/c1-17-24(22,23)14-6-3-5-12(9-14)16(21)20-8-4-7-15(20)13-10-18-19(2)11-13/h3,5-6,9-11,15,17H,4,7-8H2,1-2H3. The first-order chi connectivity index (χ1) is 11.4. The number of rotatable bonds is 4. The van der Waals surface area contributed by atoms with Crippen molar-refractivity contribution in [2.75, 3.05) is 13.6 Å². The summed E-state index contributed by atoms with van der Waals surface area (Å²) in [5, 5.41) is 4.18. The molecule has 8 heteroatoms. The highest BCUT2D eigenvalue weighted by atomic mass is 32.2. The number of carbonyl (C=O) groups excluding carboxylic acids is 1. The minimum atomic E-state index is -3.57. The molecular formula is C16H20N4O3S. The number of amides is 1. The van der Waals surface area contributed by atoms with Crippen molar-refractivity contribution in [2.24, 2.45) is 7.05 Å². The van der Waals surface area contributed by atoms with Crippen LogP contribution < -0.4 is 4.72 Å². The van der Waals surface area contributed by atoms with Gasteiger partial charge in [-0.25, -0.2) is 13.1 Å². The lowest BCUT2D eigenvalue weighted by Crippen LogP contribution is -2.30. The molecule has 0 spiro atoms. The van der Waals surface area contributed by atoms with Crippen molar-refractivity contribution < 1.29 is 13.2 Å². The third-order valence-corrected chi connectivity index (χ3v) is 5.70. The third-order valence-electron chi connectivity index (χ3n) is 4.28. The first-order valence-corrected chi connectivity index (χ1v) is 9.24. The molecular weight excluding hydrogens is 328 g/mol. The SMILES string of the molecule is CNS(=O)(=O)c1cccc(C(=O)N2CCCC2c2cnn(C)c2)c1. The number of aromatic nitrogens is 2. The van der Waals surface area contributed by atoms with Gasteiger partial charge in [-0.15, -0.1) is 0 Å². The lowest BCUT2D eigenvalue weighted by atomic mass is 10.1. The van der Waals surface area contributed by atoms with Crippen LogP contribution in [-0.4, -0.2) is 42.6 Å². The van der Waals surface area contributed by atoms with Crippen molar-refractivity contribution in [2.45, 2.75) is 23.8 Å². The van der Waals surface area contributed by atoms with Crippen LogP contribution in [-0.2, 0) is 17.1 Å². The Hall–Kier alpha value is -2.19. The van der Waals surface area contributed by atoms with E-state index in [-0.39, 0.29) is 16.8 Å². The molecule has 1 aliphatic heterocycles. The van der Waals surface area contributed by atoms with Gasteiger partial charge in [0.15, 0.2) is 0 Å². The molecule has 1 amide bonds. The molecule has 1 unspecified atom stereocenters. The predicted molar refractivity (Wildman–Crippen MR) is 88.9 cm³/mol. The maximum atomic E-state index is 12.9. The van der Waals surface area contributed by atoms with Crippen molar-refractivity contribution in [3.05, 3.63) is 47.8 Å². The molecule has 1 saturated heterocycles. The smallest absolute Gasteiger partial charge is 0.254 e. The minimum absolute atomic E-state index is 0.0178. The highest BCUT2D eigenvalue weighted by Crippen LogP contribution is 2.33. The fraction of sp³-hybridized carbons (Fsp3) is 0.375. The van der Waals surface area contributed by atoms with Gasteiger partial charge in [0.2, 0.25) is 10.0 Å². The normalized spacial score (nSPS) is 18.1. The summed E-state index contributed by atoms with van der Waals surface area (Å²) in [5.41, 5.74) is 1.38. The molecule has 0 bridgehead atoms. The molecule has 1 aromatic carbocycles. The zero-order chi connectivity index (χ0) is 17.3. The lowest BCUT2D eigenvalue weighted by Gasteiger charge is -2.24. The Morgan fingerprint density at radius 2 is 2.17 bits per heavy atom. The van der Waals surface area contributed by atoms with E-state index in [0.717, 1.165) is 18.4 Å². The lowest BCUT2D eigenvalue weighted by molar-refractivity contribution is 0.0735. The maximum absolute atomic E-state index is 12.9. The molecule has 24 heavy (non-hydrogen) atoms. The van der Waals surface area contributed by atoms with Crippen LogP contribution in [0.1, 0.15) is 34.8 Å². The van der Waals surface area contributed by atoms with Crippen LogP contribution in [0.25, 0.3) is 0 Å². The van der Waals surface area contributed by atoms with Gasteiger partial charge in [-0.3, -0.25) is 9.48 Å². The molecule has 2 aromatic rings. The second-order valence-corrected chi connectivity index (χ2v) is 7.73. The van der Waals surface area contributed by atoms with Gasteiger partial charge >= 0.3 is 0 Å². The first-order valence-electron chi connectivity index (χ1n) is 7.75. The maximum Gasteiger partial charge on any atom is 0.254 e. The van der Waals surface area contributed by atoms with Crippen molar-refractivity contribution in [1.82, 2.24) is 19.4 Å². The average Bonchev–Trinajstić information content (AvgIpc) is 3.22. The van der Waals surface area contributed by atoms with E-state index in [1.807, 2.05) is 13.2 Å². The molecule has 128 valence electrons. The number of likely N-dealkylation sites (tertiary alicyclic amines) is 1. The van der Waals surface area contributed by atoms with Crippen molar-refractivity contribution in [3.63, 3.8) is 0 Å². The fourth-order valence-electron chi connectivity index (χ4n) is 3.05. The van der Waals surface area contributed by atoms with Crippen molar-refractivity contribution in [3.8, 4) is 0 Å². The number of nitrogens with one attached hydrogen (secondary N) is 1. The van der Waals surface area contributed by atoms with Crippen LogP contribution in [0, 0.1) is 0 Å². The molecule has 0 saturated carbocycles. The molecule has 0 aliphatic carbocycles. The number of benzene rings is 1. The molecule has 3 rings (SSSR count). The van der Waals surface area contributed by atoms with Crippen LogP contribution in [0.3, 0.4) is 0 Å². The topological polar surface area (TPSA) is 84.3 Å². The third kappa shape index (κ3) is 3.07. The van der Waals surface area contributed by atoms with E-state index in [2.05, 4.69) is 9.82 Å². The number of hydrogen-bond acceptors (Lipinski definition) is 4. The van der Waals surface area contributed by atoms with Crippen LogP contribution in [0.4, 0.5) is 0 Å². The summed E-state index contributed by atoms with van der Waals surface area (Å²) in [6, 6.07) is 6.12. The van der Waals surface area contributed by atoms with Gasteiger partial charge in [0.1, 0.15) is 0 Å². The molecule has 2 heterocycles.